The Hall–Kier alpha value is -1.62. The van der Waals surface area contributed by atoms with Crippen LogP contribution >= 0.6 is 0 Å². The summed E-state index contributed by atoms with van der Waals surface area (Å²) in [6.45, 7) is 3.61. The second-order valence-electron chi connectivity index (χ2n) is 5.47. The quantitative estimate of drug-likeness (QED) is 0.877. The molecule has 21 heavy (non-hydrogen) atoms. The predicted octanol–water partition coefficient (Wildman–Crippen LogP) is 2.74. The number of aromatic nitrogens is 1. The van der Waals surface area contributed by atoms with Crippen molar-refractivity contribution < 1.29 is 9.53 Å². The lowest BCUT2D eigenvalue weighted by molar-refractivity contribution is 0.104. The van der Waals surface area contributed by atoms with Crippen molar-refractivity contribution in [3.63, 3.8) is 0 Å². The van der Waals surface area contributed by atoms with Gasteiger partial charge in [0.15, 0.2) is 0 Å². The van der Waals surface area contributed by atoms with Crippen molar-refractivity contribution >= 4 is 6.03 Å². The molecule has 1 N–H and O–H groups in total. The number of pyridine rings is 1. The molecule has 0 aromatic carbocycles. The largest absolute Gasteiger partial charge is 0.378 e. The summed E-state index contributed by atoms with van der Waals surface area (Å²) in [6.07, 6.45) is 7.87. The highest BCUT2D eigenvalue weighted by Gasteiger charge is 2.20. The van der Waals surface area contributed by atoms with E-state index in [4.69, 9.17) is 4.74 Å². The predicted molar refractivity (Wildman–Crippen MR) is 82.0 cm³/mol. The zero-order chi connectivity index (χ0) is 15.1. The Morgan fingerprint density at radius 3 is 2.90 bits per heavy atom. The Bertz CT molecular complexity index is 432. The van der Waals surface area contributed by atoms with E-state index in [1.165, 1.54) is 0 Å². The molecule has 1 fully saturated rings. The number of carbonyl (C=O) groups is 1. The van der Waals surface area contributed by atoms with Gasteiger partial charge >= 0.3 is 6.03 Å². The highest BCUT2D eigenvalue weighted by molar-refractivity contribution is 5.74. The molecule has 2 rings (SSSR count). The van der Waals surface area contributed by atoms with E-state index in [0.29, 0.717) is 12.6 Å². The average Bonchev–Trinajstić information content (AvgIpc) is 3.02. The van der Waals surface area contributed by atoms with Crippen molar-refractivity contribution in [2.45, 2.75) is 44.8 Å². The number of urea groups is 1. The molecular weight excluding hydrogens is 266 g/mol. The molecule has 0 unspecified atom stereocenters. The SMILES string of the molecule is CC[C@H](c1ccncc1)N(C)C(=O)NCC[C@H]1CCCO1. The van der Waals surface area contributed by atoms with E-state index in [1.807, 2.05) is 19.2 Å². The van der Waals surface area contributed by atoms with E-state index in [0.717, 1.165) is 37.9 Å². The first-order valence-corrected chi connectivity index (χ1v) is 7.74. The van der Waals surface area contributed by atoms with Gasteiger partial charge in [-0.3, -0.25) is 4.98 Å². The third-order valence-electron chi connectivity index (χ3n) is 4.03. The van der Waals surface area contributed by atoms with Gasteiger partial charge in [0.25, 0.3) is 0 Å². The standard InChI is InChI=1S/C16H25N3O2/c1-3-15(13-6-9-17-10-7-13)19(2)16(20)18-11-8-14-5-4-12-21-14/h6-7,9-10,14-15H,3-5,8,11-12H2,1-2H3,(H,18,20)/t14-,15-/m1/s1. The zero-order valence-corrected chi connectivity index (χ0v) is 12.9. The minimum Gasteiger partial charge on any atom is -0.378 e. The van der Waals surface area contributed by atoms with Crippen LogP contribution < -0.4 is 5.32 Å². The molecule has 1 aromatic heterocycles. The van der Waals surface area contributed by atoms with Gasteiger partial charge in [0.05, 0.1) is 12.1 Å². The van der Waals surface area contributed by atoms with Crippen LogP contribution in [0.15, 0.2) is 24.5 Å². The molecule has 2 amide bonds. The summed E-state index contributed by atoms with van der Waals surface area (Å²) in [6, 6.07) is 3.97. The van der Waals surface area contributed by atoms with Gasteiger partial charge in [-0.2, -0.15) is 0 Å². The van der Waals surface area contributed by atoms with Crippen molar-refractivity contribution in [2.24, 2.45) is 0 Å². The molecular formula is C16H25N3O2. The Morgan fingerprint density at radius 1 is 1.52 bits per heavy atom. The molecule has 2 heterocycles. The molecule has 1 saturated heterocycles. The maximum Gasteiger partial charge on any atom is 0.317 e. The Kier molecular flexibility index (Phi) is 5.99. The van der Waals surface area contributed by atoms with Crippen LogP contribution in [0.3, 0.4) is 0 Å². The van der Waals surface area contributed by atoms with Gasteiger partial charge in [-0.05, 0) is 43.4 Å². The van der Waals surface area contributed by atoms with Crippen LogP contribution in [-0.4, -0.2) is 42.2 Å². The summed E-state index contributed by atoms with van der Waals surface area (Å²) in [5, 5.41) is 2.99. The molecule has 5 heteroatoms. The Labute approximate surface area is 126 Å². The molecule has 5 nitrogen and oxygen atoms in total. The summed E-state index contributed by atoms with van der Waals surface area (Å²) in [4.78, 5) is 18.0. The van der Waals surface area contributed by atoms with Crippen molar-refractivity contribution in [1.82, 2.24) is 15.2 Å². The van der Waals surface area contributed by atoms with Crippen molar-refractivity contribution in [2.75, 3.05) is 20.2 Å². The van der Waals surface area contributed by atoms with Gasteiger partial charge in [0, 0.05) is 32.6 Å². The van der Waals surface area contributed by atoms with E-state index in [1.54, 1.807) is 17.3 Å². The maximum atomic E-state index is 12.2. The van der Waals surface area contributed by atoms with E-state index < -0.39 is 0 Å². The fourth-order valence-electron chi connectivity index (χ4n) is 2.80. The fraction of sp³-hybridized carbons (Fsp3) is 0.625. The Morgan fingerprint density at radius 2 is 2.29 bits per heavy atom. The molecule has 2 atom stereocenters. The van der Waals surface area contributed by atoms with Crippen LogP contribution in [0.4, 0.5) is 4.79 Å². The lowest BCUT2D eigenvalue weighted by atomic mass is 10.1. The summed E-state index contributed by atoms with van der Waals surface area (Å²) in [5.41, 5.74) is 1.12. The molecule has 1 aliphatic heterocycles. The monoisotopic (exact) mass is 291 g/mol. The van der Waals surface area contributed by atoms with Gasteiger partial charge in [-0.25, -0.2) is 4.79 Å². The summed E-state index contributed by atoms with van der Waals surface area (Å²) in [7, 11) is 1.84. The van der Waals surface area contributed by atoms with Gasteiger partial charge in [-0.15, -0.1) is 0 Å². The highest BCUT2D eigenvalue weighted by Crippen LogP contribution is 2.22. The van der Waals surface area contributed by atoms with Gasteiger partial charge < -0.3 is 15.0 Å². The molecule has 0 saturated carbocycles. The first-order valence-electron chi connectivity index (χ1n) is 7.74. The normalized spacial score (nSPS) is 19.2. The number of nitrogens with one attached hydrogen (secondary N) is 1. The summed E-state index contributed by atoms with van der Waals surface area (Å²) in [5.74, 6) is 0. The van der Waals surface area contributed by atoms with Crippen molar-refractivity contribution in [1.29, 1.82) is 0 Å². The molecule has 0 radical (unpaired) electrons. The highest BCUT2D eigenvalue weighted by atomic mass is 16.5. The van der Waals surface area contributed by atoms with Gasteiger partial charge in [0.2, 0.25) is 0 Å². The molecule has 0 spiro atoms. The van der Waals surface area contributed by atoms with Gasteiger partial charge in [-0.1, -0.05) is 6.92 Å². The lowest BCUT2D eigenvalue weighted by Gasteiger charge is -2.28. The van der Waals surface area contributed by atoms with Gasteiger partial charge in [0.1, 0.15) is 0 Å². The van der Waals surface area contributed by atoms with Crippen molar-refractivity contribution in [3.05, 3.63) is 30.1 Å². The van der Waals surface area contributed by atoms with Crippen LogP contribution in [0.2, 0.25) is 0 Å². The second kappa shape index (κ2) is 7.98. The van der Waals surface area contributed by atoms with Crippen LogP contribution in [-0.2, 0) is 4.74 Å². The van der Waals surface area contributed by atoms with Crippen LogP contribution in [0, 0.1) is 0 Å². The average molecular weight is 291 g/mol. The van der Waals surface area contributed by atoms with Crippen LogP contribution in [0.5, 0.6) is 0 Å². The first kappa shape index (κ1) is 15.8. The molecule has 0 aliphatic carbocycles. The first-order chi connectivity index (χ1) is 10.2. The number of hydrogen-bond donors (Lipinski definition) is 1. The number of ether oxygens (including phenoxy) is 1. The summed E-state index contributed by atoms with van der Waals surface area (Å²) < 4.78 is 5.56. The van der Waals surface area contributed by atoms with Crippen LogP contribution in [0.25, 0.3) is 0 Å². The number of nitrogens with zero attached hydrogens (tertiary/aromatic N) is 2. The van der Waals surface area contributed by atoms with E-state index in [2.05, 4.69) is 17.2 Å². The number of carbonyl (C=O) groups excluding carboxylic acids is 1. The van der Waals surface area contributed by atoms with E-state index >= 15 is 0 Å². The molecule has 116 valence electrons. The topological polar surface area (TPSA) is 54.5 Å². The fourth-order valence-corrected chi connectivity index (χ4v) is 2.80. The van der Waals surface area contributed by atoms with E-state index in [-0.39, 0.29) is 12.1 Å². The third-order valence-corrected chi connectivity index (χ3v) is 4.03. The zero-order valence-electron chi connectivity index (χ0n) is 12.9. The maximum absolute atomic E-state index is 12.2. The smallest absolute Gasteiger partial charge is 0.317 e. The number of rotatable bonds is 6. The second-order valence-corrected chi connectivity index (χ2v) is 5.47. The molecule has 0 bridgehead atoms. The third kappa shape index (κ3) is 4.43. The van der Waals surface area contributed by atoms with Crippen molar-refractivity contribution in [3.8, 4) is 0 Å². The lowest BCUT2D eigenvalue weighted by Crippen LogP contribution is -2.40. The minimum atomic E-state index is -0.0309. The number of hydrogen-bond acceptors (Lipinski definition) is 3. The minimum absolute atomic E-state index is 0.0309. The van der Waals surface area contributed by atoms with E-state index in [9.17, 15) is 4.79 Å². The van der Waals surface area contributed by atoms with Crippen LogP contribution in [0.1, 0.15) is 44.2 Å². The Balaban J connectivity index is 1.82. The number of amides is 2. The molecule has 1 aromatic rings. The summed E-state index contributed by atoms with van der Waals surface area (Å²) >= 11 is 0. The molecule has 1 aliphatic rings.